The number of para-hydroxylation sites is 1. The van der Waals surface area contributed by atoms with Gasteiger partial charge in [-0.3, -0.25) is 4.90 Å². The SMILES string of the molecule is COc1ccccc1C(C(C)N)N(CC1CC1)C1CC1. The van der Waals surface area contributed by atoms with E-state index in [1.165, 1.54) is 37.8 Å². The van der Waals surface area contributed by atoms with Crippen LogP contribution in [-0.4, -0.2) is 30.6 Å². The standard InChI is InChI=1S/C17H26N2O/c1-12(18)17(15-5-3-4-6-16(15)20-2)19(14-9-10-14)11-13-7-8-13/h3-6,12-14,17H,7-11,18H2,1-2H3. The van der Waals surface area contributed by atoms with E-state index in [2.05, 4.69) is 24.0 Å². The zero-order valence-electron chi connectivity index (χ0n) is 12.6. The molecule has 2 saturated carbocycles. The summed E-state index contributed by atoms with van der Waals surface area (Å²) in [6.45, 7) is 3.33. The highest BCUT2D eigenvalue weighted by Gasteiger charge is 2.40. The molecule has 2 atom stereocenters. The fourth-order valence-electron chi connectivity index (χ4n) is 3.17. The highest BCUT2D eigenvalue weighted by atomic mass is 16.5. The summed E-state index contributed by atoms with van der Waals surface area (Å²) in [5.41, 5.74) is 7.61. The van der Waals surface area contributed by atoms with Gasteiger partial charge in [-0.15, -0.1) is 0 Å². The molecule has 1 aromatic rings. The van der Waals surface area contributed by atoms with Crippen molar-refractivity contribution in [2.24, 2.45) is 11.7 Å². The van der Waals surface area contributed by atoms with Gasteiger partial charge in [-0.25, -0.2) is 0 Å². The minimum Gasteiger partial charge on any atom is -0.496 e. The van der Waals surface area contributed by atoms with Gasteiger partial charge in [0.15, 0.2) is 0 Å². The Labute approximate surface area is 122 Å². The fourth-order valence-corrected chi connectivity index (χ4v) is 3.17. The average molecular weight is 274 g/mol. The molecule has 0 aromatic heterocycles. The summed E-state index contributed by atoms with van der Waals surface area (Å²) >= 11 is 0. The fraction of sp³-hybridized carbons (Fsp3) is 0.647. The van der Waals surface area contributed by atoms with E-state index in [0.717, 1.165) is 17.7 Å². The Morgan fingerprint density at radius 1 is 1.25 bits per heavy atom. The van der Waals surface area contributed by atoms with Crippen LogP contribution in [-0.2, 0) is 0 Å². The first kappa shape index (κ1) is 13.9. The van der Waals surface area contributed by atoms with Gasteiger partial charge in [0.2, 0.25) is 0 Å². The zero-order valence-corrected chi connectivity index (χ0v) is 12.6. The molecule has 0 radical (unpaired) electrons. The van der Waals surface area contributed by atoms with Crippen molar-refractivity contribution in [2.75, 3.05) is 13.7 Å². The third-order valence-corrected chi connectivity index (χ3v) is 4.49. The molecule has 3 rings (SSSR count). The lowest BCUT2D eigenvalue weighted by atomic mass is 9.97. The molecular formula is C17H26N2O. The molecule has 2 aliphatic rings. The number of ether oxygens (including phenoxy) is 1. The molecule has 0 saturated heterocycles. The van der Waals surface area contributed by atoms with Crippen molar-refractivity contribution in [1.29, 1.82) is 0 Å². The summed E-state index contributed by atoms with van der Waals surface area (Å²) in [5.74, 6) is 1.86. The molecule has 0 amide bonds. The van der Waals surface area contributed by atoms with E-state index in [0.29, 0.717) is 0 Å². The van der Waals surface area contributed by atoms with Crippen molar-refractivity contribution in [2.45, 2.75) is 50.7 Å². The van der Waals surface area contributed by atoms with E-state index in [1.807, 2.05) is 12.1 Å². The lowest BCUT2D eigenvalue weighted by Gasteiger charge is -2.35. The van der Waals surface area contributed by atoms with Gasteiger partial charge >= 0.3 is 0 Å². The summed E-state index contributed by atoms with van der Waals surface area (Å²) < 4.78 is 5.57. The smallest absolute Gasteiger partial charge is 0.123 e. The highest BCUT2D eigenvalue weighted by Crippen LogP contribution is 2.42. The van der Waals surface area contributed by atoms with Crippen LogP contribution in [0.2, 0.25) is 0 Å². The van der Waals surface area contributed by atoms with E-state index >= 15 is 0 Å². The molecule has 2 N–H and O–H groups in total. The van der Waals surface area contributed by atoms with Gasteiger partial charge in [-0.2, -0.15) is 0 Å². The summed E-state index contributed by atoms with van der Waals surface area (Å²) in [6.07, 6.45) is 5.43. The van der Waals surface area contributed by atoms with E-state index in [9.17, 15) is 0 Å². The normalized spacial score (nSPS) is 21.8. The summed E-state index contributed by atoms with van der Waals surface area (Å²) in [7, 11) is 1.75. The first-order chi connectivity index (χ1) is 9.70. The third-order valence-electron chi connectivity index (χ3n) is 4.49. The Morgan fingerprint density at radius 2 is 1.95 bits per heavy atom. The average Bonchev–Trinajstić information content (AvgIpc) is 3.31. The molecule has 2 unspecified atom stereocenters. The van der Waals surface area contributed by atoms with Gasteiger partial charge in [-0.05, 0) is 44.6 Å². The molecule has 3 nitrogen and oxygen atoms in total. The minimum absolute atomic E-state index is 0.116. The second-order valence-corrected chi connectivity index (χ2v) is 6.42. The van der Waals surface area contributed by atoms with Crippen LogP contribution in [0.5, 0.6) is 5.75 Å². The molecule has 2 aliphatic carbocycles. The number of methoxy groups -OCH3 is 1. The molecule has 0 aliphatic heterocycles. The number of hydrogen-bond donors (Lipinski definition) is 1. The van der Waals surface area contributed by atoms with Crippen LogP contribution < -0.4 is 10.5 Å². The minimum atomic E-state index is 0.116. The van der Waals surface area contributed by atoms with Gasteiger partial charge in [-0.1, -0.05) is 18.2 Å². The number of hydrogen-bond acceptors (Lipinski definition) is 3. The zero-order chi connectivity index (χ0) is 14.1. The van der Waals surface area contributed by atoms with Gasteiger partial charge < -0.3 is 10.5 Å². The molecule has 0 spiro atoms. The monoisotopic (exact) mass is 274 g/mol. The molecule has 20 heavy (non-hydrogen) atoms. The number of rotatable bonds is 7. The Balaban J connectivity index is 1.89. The molecule has 1 aromatic carbocycles. The molecule has 110 valence electrons. The van der Waals surface area contributed by atoms with E-state index in [-0.39, 0.29) is 12.1 Å². The second kappa shape index (κ2) is 5.74. The highest BCUT2D eigenvalue weighted by molar-refractivity contribution is 5.37. The first-order valence-corrected chi connectivity index (χ1v) is 7.85. The van der Waals surface area contributed by atoms with E-state index in [4.69, 9.17) is 10.5 Å². The lowest BCUT2D eigenvalue weighted by molar-refractivity contribution is 0.156. The molecule has 3 heteroatoms. The van der Waals surface area contributed by atoms with Crippen molar-refractivity contribution >= 4 is 0 Å². The Bertz CT molecular complexity index is 452. The van der Waals surface area contributed by atoms with Crippen LogP contribution in [0, 0.1) is 5.92 Å². The maximum Gasteiger partial charge on any atom is 0.123 e. The Hall–Kier alpha value is -1.06. The molecule has 0 heterocycles. The van der Waals surface area contributed by atoms with Crippen LogP contribution in [0.25, 0.3) is 0 Å². The van der Waals surface area contributed by atoms with Crippen LogP contribution >= 0.6 is 0 Å². The second-order valence-electron chi connectivity index (χ2n) is 6.42. The van der Waals surface area contributed by atoms with Crippen molar-refractivity contribution < 1.29 is 4.74 Å². The van der Waals surface area contributed by atoms with E-state index in [1.54, 1.807) is 7.11 Å². The van der Waals surface area contributed by atoms with Crippen molar-refractivity contribution in [3.05, 3.63) is 29.8 Å². The quantitative estimate of drug-likeness (QED) is 0.831. The maximum absolute atomic E-state index is 6.36. The van der Waals surface area contributed by atoms with Gasteiger partial charge in [0, 0.05) is 24.2 Å². The van der Waals surface area contributed by atoms with Gasteiger partial charge in [0.1, 0.15) is 5.75 Å². The van der Waals surface area contributed by atoms with Crippen LogP contribution in [0.1, 0.15) is 44.2 Å². The number of nitrogens with zero attached hydrogens (tertiary/aromatic N) is 1. The Morgan fingerprint density at radius 3 is 2.50 bits per heavy atom. The lowest BCUT2D eigenvalue weighted by Crippen LogP contribution is -2.42. The van der Waals surface area contributed by atoms with Crippen molar-refractivity contribution in [3.8, 4) is 5.75 Å². The largest absolute Gasteiger partial charge is 0.496 e. The number of benzene rings is 1. The predicted molar refractivity (Wildman–Crippen MR) is 81.8 cm³/mol. The third kappa shape index (κ3) is 2.99. The first-order valence-electron chi connectivity index (χ1n) is 7.85. The summed E-state index contributed by atoms with van der Waals surface area (Å²) in [5, 5.41) is 0. The predicted octanol–water partition coefficient (Wildman–Crippen LogP) is 2.96. The van der Waals surface area contributed by atoms with Crippen LogP contribution in [0.4, 0.5) is 0 Å². The van der Waals surface area contributed by atoms with E-state index < -0.39 is 0 Å². The topological polar surface area (TPSA) is 38.5 Å². The molecule has 0 bridgehead atoms. The van der Waals surface area contributed by atoms with Gasteiger partial charge in [0.25, 0.3) is 0 Å². The summed E-state index contributed by atoms with van der Waals surface area (Å²) in [6, 6.07) is 9.47. The number of nitrogens with two attached hydrogens (primary N) is 1. The molecule has 2 fully saturated rings. The maximum atomic E-state index is 6.36. The van der Waals surface area contributed by atoms with Gasteiger partial charge in [0.05, 0.1) is 13.2 Å². The summed E-state index contributed by atoms with van der Waals surface area (Å²) in [4.78, 5) is 2.65. The van der Waals surface area contributed by atoms with Crippen molar-refractivity contribution in [1.82, 2.24) is 4.90 Å². The van der Waals surface area contributed by atoms with Crippen molar-refractivity contribution in [3.63, 3.8) is 0 Å². The van der Waals surface area contributed by atoms with Crippen LogP contribution in [0.3, 0.4) is 0 Å². The van der Waals surface area contributed by atoms with Crippen LogP contribution in [0.15, 0.2) is 24.3 Å². The Kier molecular flexibility index (Phi) is 3.99. The molecular weight excluding hydrogens is 248 g/mol.